The van der Waals surface area contributed by atoms with Crippen LogP contribution in [0.1, 0.15) is 30.4 Å². The van der Waals surface area contributed by atoms with Crippen molar-refractivity contribution in [2.45, 2.75) is 19.9 Å². The Hall–Kier alpha value is -3.19. The average Bonchev–Trinajstić information content (AvgIpc) is 3.21. The molecule has 0 unspecified atom stereocenters. The van der Waals surface area contributed by atoms with E-state index in [4.69, 9.17) is 5.11 Å². The number of aliphatic hydroxyl groups is 1. The lowest BCUT2D eigenvalue weighted by molar-refractivity contribution is 0.0938. The number of carbonyl (C=O) groups excluding carboxylic acids is 1. The smallest absolute Gasteiger partial charge is 0.268 e. The molecule has 7 nitrogen and oxygen atoms in total. The Balaban J connectivity index is 2.09. The van der Waals surface area contributed by atoms with Crippen LogP contribution in [0.15, 0.2) is 48.8 Å². The van der Waals surface area contributed by atoms with Crippen LogP contribution in [-0.4, -0.2) is 43.3 Å². The fourth-order valence-corrected chi connectivity index (χ4v) is 3.55. The Morgan fingerprint density at radius 1 is 1.15 bits per heavy atom. The summed E-state index contributed by atoms with van der Waals surface area (Å²) in [4.78, 5) is 21.5. The number of para-hydroxylation sites is 1. The molecule has 4 rings (SSSR count). The molecule has 1 amide bonds. The minimum absolute atomic E-state index is 0.116. The van der Waals surface area contributed by atoms with E-state index in [1.807, 2.05) is 24.3 Å². The first kappa shape index (κ1) is 17.2. The van der Waals surface area contributed by atoms with Crippen molar-refractivity contribution < 1.29 is 9.90 Å². The van der Waals surface area contributed by atoms with Crippen molar-refractivity contribution >= 4 is 27.8 Å². The normalized spacial score (nSPS) is 11.6. The van der Waals surface area contributed by atoms with E-state index in [1.54, 1.807) is 23.0 Å². The lowest BCUT2D eigenvalue weighted by Gasteiger charge is -2.10. The van der Waals surface area contributed by atoms with E-state index in [0.29, 0.717) is 11.6 Å². The number of aromatic nitrogens is 4. The van der Waals surface area contributed by atoms with Crippen LogP contribution in [0.3, 0.4) is 0 Å². The molecular weight excluding hydrogens is 342 g/mol. The molecule has 4 aromatic rings. The number of hydrogen-bond donors (Lipinski definition) is 2. The number of amides is 1. The maximum absolute atomic E-state index is 12.8. The quantitative estimate of drug-likeness (QED) is 0.571. The van der Waals surface area contributed by atoms with Crippen molar-refractivity contribution in [2.75, 3.05) is 13.2 Å². The molecule has 2 N–H and O–H groups in total. The third kappa shape index (κ3) is 2.76. The third-order valence-corrected chi connectivity index (χ3v) is 4.56. The number of rotatable bonds is 5. The van der Waals surface area contributed by atoms with Crippen LogP contribution in [0.4, 0.5) is 0 Å². The summed E-state index contributed by atoms with van der Waals surface area (Å²) in [7, 11) is 0. The summed E-state index contributed by atoms with van der Waals surface area (Å²) in [5, 5.41) is 12.8. The highest BCUT2D eigenvalue weighted by Gasteiger charge is 2.24. The first-order chi connectivity index (χ1) is 13.1. The summed E-state index contributed by atoms with van der Waals surface area (Å²) in [5.41, 5.74) is 3.40. The minimum atomic E-state index is -0.271. The van der Waals surface area contributed by atoms with Gasteiger partial charge in [-0.2, -0.15) is 0 Å². The first-order valence-corrected chi connectivity index (χ1v) is 8.94. The maximum Gasteiger partial charge on any atom is 0.268 e. The second kappa shape index (κ2) is 6.85. The van der Waals surface area contributed by atoms with Gasteiger partial charge in [0.15, 0.2) is 0 Å². The Labute approximate surface area is 156 Å². The highest BCUT2D eigenvalue weighted by Crippen LogP contribution is 2.35. The molecule has 0 aliphatic heterocycles. The van der Waals surface area contributed by atoms with Crippen LogP contribution < -0.4 is 5.32 Å². The topological polar surface area (TPSA) is 85.0 Å². The van der Waals surface area contributed by atoms with E-state index in [2.05, 4.69) is 39.8 Å². The van der Waals surface area contributed by atoms with Crippen molar-refractivity contribution in [3.63, 3.8) is 0 Å². The number of hydrogen-bond acceptors (Lipinski definition) is 4. The number of nitrogens with zero attached hydrogens (tertiary/aromatic N) is 4. The van der Waals surface area contributed by atoms with Crippen LogP contribution >= 0.6 is 0 Å². The van der Waals surface area contributed by atoms with E-state index >= 15 is 0 Å². The second-order valence-corrected chi connectivity index (χ2v) is 6.61. The number of aliphatic hydroxyl groups excluding tert-OH is 1. The fourth-order valence-electron chi connectivity index (χ4n) is 3.55. The van der Waals surface area contributed by atoms with Gasteiger partial charge in [-0.3, -0.25) is 9.36 Å². The molecule has 0 fully saturated rings. The van der Waals surface area contributed by atoms with E-state index in [-0.39, 0.29) is 25.1 Å². The van der Waals surface area contributed by atoms with Gasteiger partial charge in [0.25, 0.3) is 5.91 Å². The van der Waals surface area contributed by atoms with Crippen molar-refractivity contribution in [2.24, 2.45) is 0 Å². The zero-order valence-corrected chi connectivity index (χ0v) is 15.3. The van der Waals surface area contributed by atoms with Crippen molar-refractivity contribution in [1.29, 1.82) is 0 Å². The molecule has 0 aliphatic rings. The second-order valence-electron chi connectivity index (χ2n) is 6.61. The van der Waals surface area contributed by atoms with Gasteiger partial charge < -0.3 is 15.0 Å². The summed E-state index contributed by atoms with van der Waals surface area (Å²) >= 11 is 0. The van der Waals surface area contributed by atoms with Gasteiger partial charge in [-0.25, -0.2) is 9.97 Å². The molecule has 0 saturated carbocycles. The zero-order valence-electron chi connectivity index (χ0n) is 15.3. The molecule has 0 bridgehead atoms. The van der Waals surface area contributed by atoms with E-state index in [0.717, 1.165) is 21.9 Å². The number of fused-ring (bicyclic) bond motifs is 3. The van der Waals surface area contributed by atoms with Gasteiger partial charge in [0, 0.05) is 30.4 Å². The molecule has 27 heavy (non-hydrogen) atoms. The molecule has 0 radical (unpaired) electrons. The molecule has 0 atom stereocenters. The molecule has 0 spiro atoms. The zero-order chi connectivity index (χ0) is 19.0. The summed E-state index contributed by atoms with van der Waals surface area (Å²) in [6.07, 6.45) is 3.32. The van der Waals surface area contributed by atoms with Crippen LogP contribution in [0.5, 0.6) is 0 Å². The van der Waals surface area contributed by atoms with Gasteiger partial charge in [-0.1, -0.05) is 18.2 Å². The maximum atomic E-state index is 12.8. The number of benzene rings is 1. The summed E-state index contributed by atoms with van der Waals surface area (Å²) in [6.45, 7) is 4.31. The SMILES string of the molecule is CC(C)n1c2ccccc2c2c1cc(C(=O)NCCO)n2-c1ncccn1. The number of nitrogens with one attached hydrogen (secondary N) is 1. The predicted octanol–water partition coefficient (Wildman–Crippen LogP) is 2.68. The van der Waals surface area contributed by atoms with E-state index < -0.39 is 0 Å². The van der Waals surface area contributed by atoms with Crippen molar-refractivity contribution in [1.82, 2.24) is 24.4 Å². The molecule has 0 aliphatic carbocycles. The summed E-state index contributed by atoms with van der Waals surface area (Å²) in [5.74, 6) is 0.167. The van der Waals surface area contributed by atoms with Gasteiger partial charge in [-0.15, -0.1) is 0 Å². The monoisotopic (exact) mass is 363 g/mol. The summed E-state index contributed by atoms with van der Waals surface area (Å²) < 4.78 is 4.01. The first-order valence-electron chi connectivity index (χ1n) is 8.94. The fraction of sp³-hybridized carbons (Fsp3) is 0.250. The minimum Gasteiger partial charge on any atom is -0.395 e. The lowest BCUT2D eigenvalue weighted by atomic mass is 10.2. The van der Waals surface area contributed by atoms with Crippen LogP contribution in [0.2, 0.25) is 0 Å². The Kier molecular flexibility index (Phi) is 4.37. The summed E-state index contributed by atoms with van der Waals surface area (Å²) in [6, 6.07) is 12.0. The Morgan fingerprint density at radius 2 is 1.89 bits per heavy atom. The van der Waals surface area contributed by atoms with Gasteiger partial charge in [-0.05, 0) is 32.0 Å². The molecule has 0 saturated heterocycles. The predicted molar refractivity (Wildman–Crippen MR) is 104 cm³/mol. The van der Waals surface area contributed by atoms with Gasteiger partial charge in [0.2, 0.25) is 5.95 Å². The van der Waals surface area contributed by atoms with Crippen LogP contribution in [-0.2, 0) is 0 Å². The Morgan fingerprint density at radius 3 is 2.59 bits per heavy atom. The molecule has 3 aromatic heterocycles. The lowest BCUT2D eigenvalue weighted by Crippen LogP contribution is -2.28. The molecule has 3 heterocycles. The standard InChI is InChI=1S/C20H21N5O2/c1-13(2)24-15-7-4-3-6-14(15)18-16(24)12-17(19(27)21-10-11-26)25(18)20-22-8-5-9-23-20/h3-9,12-13,26H,10-11H2,1-2H3,(H,21,27). The van der Waals surface area contributed by atoms with E-state index in [9.17, 15) is 4.79 Å². The van der Waals surface area contributed by atoms with Crippen LogP contribution in [0.25, 0.3) is 27.9 Å². The van der Waals surface area contributed by atoms with Crippen molar-refractivity contribution in [3.05, 3.63) is 54.5 Å². The van der Waals surface area contributed by atoms with Crippen LogP contribution in [0, 0.1) is 0 Å². The van der Waals surface area contributed by atoms with Gasteiger partial charge in [0.1, 0.15) is 5.69 Å². The van der Waals surface area contributed by atoms with Crippen molar-refractivity contribution in [3.8, 4) is 5.95 Å². The number of carbonyl (C=O) groups is 1. The van der Waals surface area contributed by atoms with Gasteiger partial charge >= 0.3 is 0 Å². The Bertz CT molecular complexity index is 1110. The highest BCUT2D eigenvalue weighted by molar-refractivity contribution is 6.11. The van der Waals surface area contributed by atoms with Gasteiger partial charge in [0.05, 0.1) is 23.2 Å². The molecule has 138 valence electrons. The average molecular weight is 363 g/mol. The molecular formula is C20H21N5O2. The third-order valence-electron chi connectivity index (χ3n) is 4.56. The largest absolute Gasteiger partial charge is 0.395 e. The highest BCUT2D eigenvalue weighted by atomic mass is 16.3. The molecule has 7 heteroatoms. The molecule has 1 aromatic carbocycles. The van der Waals surface area contributed by atoms with E-state index in [1.165, 1.54) is 0 Å².